The van der Waals surface area contributed by atoms with Gasteiger partial charge in [0.15, 0.2) is 0 Å². The van der Waals surface area contributed by atoms with E-state index >= 15 is 0 Å². The molecule has 2 aromatic rings. The molecule has 1 aromatic heterocycles. The van der Waals surface area contributed by atoms with Crippen LogP contribution in [0.15, 0.2) is 42.5 Å². The molecule has 1 aromatic carbocycles. The maximum Gasteiger partial charge on any atom is 0.114 e. The molecule has 0 fully saturated rings. The third kappa shape index (κ3) is 3.14. The Kier molecular flexibility index (Phi) is 4.83. The molecular weight excluding hydrogens is 264 g/mol. The van der Waals surface area contributed by atoms with Crippen molar-refractivity contribution in [2.24, 2.45) is 0 Å². The molecule has 0 aliphatic heterocycles. The Morgan fingerprint density at radius 1 is 1.06 bits per heavy atom. The molecular formula is C14H16O2S2. The highest BCUT2D eigenvalue weighted by Gasteiger charge is 2.19. The van der Waals surface area contributed by atoms with Crippen LogP contribution < -0.4 is 0 Å². The Balaban J connectivity index is 2.15. The number of hydrogen-bond acceptors (Lipinski definition) is 4. The molecule has 2 unspecified atom stereocenters. The van der Waals surface area contributed by atoms with Gasteiger partial charge in [-0.1, -0.05) is 30.3 Å². The van der Waals surface area contributed by atoms with E-state index in [1.807, 2.05) is 42.5 Å². The van der Waals surface area contributed by atoms with Gasteiger partial charge >= 0.3 is 0 Å². The zero-order valence-corrected chi connectivity index (χ0v) is 11.6. The maximum atomic E-state index is 10.0. The van der Waals surface area contributed by atoms with Crippen molar-refractivity contribution in [3.05, 3.63) is 47.3 Å². The fourth-order valence-corrected chi connectivity index (χ4v) is 3.07. The Hall–Kier alpha value is -0.810. The van der Waals surface area contributed by atoms with Crippen LogP contribution in [0.4, 0.5) is 0 Å². The number of thiophene rings is 1. The van der Waals surface area contributed by atoms with Crippen LogP contribution in [0.3, 0.4) is 0 Å². The van der Waals surface area contributed by atoms with E-state index in [0.29, 0.717) is 12.2 Å². The summed E-state index contributed by atoms with van der Waals surface area (Å²) in [5.74, 6) is 0.565. The first-order valence-corrected chi connectivity index (χ1v) is 7.29. The van der Waals surface area contributed by atoms with Gasteiger partial charge in [0.05, 0.1) is 6.10 Å². The predicted octanol–water partition coefficient (Wildman–Crippen LogP) is 3.13. The van der Waals surface area contributed by atoms with Crippen molar-refractivity contribution in [3.63, 3.8) is 0 Å². The molecule has 0 saturated carbocycles. The van der Waals surface area contributed by atoms with Crippen LogP contribution in [0, 0.1) is 0 Å². The molecule has 0 aliphatic carbocycles. The molecule has 0 radical (unpaired) electrons. The van der Waals surface area contributed by atoms with Crippen LogP contribution in [0.5, 0.6) is 0 Å². The summed E-state index contributed by atoms with van der Waals surface area (Å²) >= 11 is 5.58. The van der Waals surface area contributed by atoms with E-state index < -0.39 is 12.2 Å². The number of hydrogen-bond donors (Lipinski definition) is 3. The molecule has 0 bridgehead atoms. The van der Waals surface area contributed by atoms with E-state index in [4.69, 9.17) is 0 Å². The van der Waals surface area contributed by atoms with Crippen LogP contribution in [-0.2, 0) is 0 Å². The first-order valence-electron chi connectivity index (χ1n) is 5.84. The van der Waals surface area contributed by atoms with Crippen LogP contribution >= 0.6 is 24.0 Å². The highest BCUT2D eigenvalue weighted by atomic mass is 32.1. The van der Waals surface area contributed by atoms with Gasteiger partial charge in [-0.2, -0.15) is 12.6 Å². The summed E-state index contributed by atoms with van der Waals surface area (Å²) < 4.78 is 0. The average Bonchev–Trinajstić information content (AvgIpc) is 2.89. The van der Waals surface area contributed by atoms with E-state index in [1.54, 1.807) is 0 Å². The molecule has 96 valence electrons. The van der Waals surface area contributed by atoms with Gasteiger partial charge in [-0.3, -0.25) is 0 Å². The summed E-state index contributed by atoms with van der Waals surface area (Å²) in [6.45, 7) is 0. The van der Waals surface area contributed by atoms with Crippen molar-refractivity contribution < 1.29 is 10.2 Å². The third-order valence-corrected chi connectivity index (χ3v) is 4.23. The van der Waals surface area contributed by atoms with E-state index in [9.17, 15) is 10.2 Å². The summed E-state index contributed by atoms with van der Waals surface area (Å²) in [6.07, 6.45) is -1.08. The molecule has 0 spiro atoms. The van der Waals surface area contributed by atoms with Gasteiger partial charge in [-0.05, 0) is 29.9 Å². The molecule has 2 rings (SSSR count). The molecule has 18 heavy (non-hydrogen) atoms. The quantitative estimate of drug-likeness (QED) is 0.736. The highest BCUT2D eigenvalue weighted by molar-refractivity contribution is 7.80. The van der Waals surface area contributed by atoms with Gasteiger partial charge in [0.25, 0.3) is 0 Å². The molecule has 2 nitrogen and oxygen atoms in total. The van der Waals surface area contributed by atoms with Gasteiger partial charge in [0, 0.05) is 9.75 Å². The second kappa shape index (κ2) is 6.38. The van der Waals surface area contributed by atoms with E-state index in [2.05, 4.69) is 12.6 Å². The van der Waals surface area contributed by atoms with Crippen LogP contribution in [0.1, 0.15) is 17.4 Å². The summed E-state index contributed by atoms with van der Waals surface area (Å²) in [5, 5.41) is 19.8. The second-order valence-corrected chi connectivity index (χ2v) is 5.66. The van der Waals surface area contributed by atoms with Crippen molar-refractivity contribution in [1.82, 2.24) is 0 Å². The Bertz CT molecular complexity index is 482. The van der Waals surface area contributed by atoms with Crippen LogP contribution in [-0.4, -0.2) is 22.1 Å². The summed E-state index contributed by atoms with van der Waals surface area (Å²) in [7, 11) is 0. The van der Waals surface area contributed by atoms with Gasteiger partial charge in [-0.15, -0.1) is 11.3 Å². The van der Waals surface area contributed by atoms with E-state index in [0.717, 1.165) is 15.3 Å². The largest absolute Gasteiger partial charge is 0.390 e. The smallest absolute Gasteiger partial charge is 0.114 e. The molecule has 4 heteroatoms. The average molecular weight is 280 g/mol. The summed E-state index contributed by atoms with van der Waals surface area (Å²) in [4.78, 5) is 1.89. The van der Waals surface area contributed by atoms with Gasteiger partial charge in [0.2, 0.25) is 0 Å². The molecule has 1 heterocycles. The fraction of sp³-hybridized carbons (Fsp3) is 0.286. The highest BCUT2D eigenvalue weighted by Crippen LogP contribution is 2.32. The predicted molar refractivity (Wildman–Crippen MR) is 79.2 cm³/mol. The van der Waals surface area contributed by atoms with Gasteiger partial charge < -0.3 is 10.2 Å². The Morgan fingerprint density at radius 2 is 1.78 bits per heavy atom. The zero-order valence-electron chi connectivity index (χ0n) is 9.86. The molecule has 0 aliphatic rings. The van der Waals surface area contributed by atoms with E-state index in [1.165, 1.54) is 11.3 Å². The van der Waals surface area contributed by atoms with Crippen LogP contribution in [0.2, 0.25) is 0 Å². The lowest BCUT2D eigenvalue weighted by Gasteiger charge is -2.15. The van der Waals surface area contributed by atoms with Crippen molar-refractivity contribution >= 4 is 24.0 Å². The number of aliphatic hydroxyl groups excluding tert-OH is 2. The lowest BCUT2D eigenvalue weighted by Crippen LogP contribution is -2.17. The second-order valence-electron chi connectivity index (χ2n) is 4.09. The molecule has 0 saturated heterocycles. The number of benzene rings is 1. The monoisotopic (exact) mass is 280 g/mol. The minimum absolute atomic E-state index is 0.489. The first-order chi connectivity index (χ1) is 8.72. The molecule has 2 N–H and O–H groups in total. The SMILES string of the molecule is OC(CCS)C(O)c1ccc(-c2ccccc2)s1. The lowest BCUT2D eigenvalue weighted by molar-refractivity contribution is 0.0194. The number of thiol groups is 1. The van der Waals surface area contributed by atoms with E-state index in [-0.39, 0.29) is 0 Å². The number of aliphatic hydroxyl groups is 2. The normalized spacial score (nSPS) is 14.4. The first kappa shape index (κ1) is 13.6. The summed E-state index contributed by atoms with van der Waals surface area (Å²) in [6, 6.07) is 13.9. The molecule has 0 amide bonds. The molecule has 2 atom stereocenters. The number of rotatable bonds is 5. The third-order valence-electron chi connectivity index (χ3n) is 2.77. The van der Waals surface area contributed by atoms with Crippen molar-refractivity contribution in [2.75, 3.05) is 5.75 Å². The van der Waals surface area contributed by atoms with Crippen molar-refractivity contribution in [1.29, 1.82) is 0 Å². The standard InChI is InChI=1S/C14H16O2S2/c15-11(8-9-17)14(16)13-7-6-12(18-13)10-4-2-1-3-5-10/h1-7,11,14-17H,8-9H2. The topological polar surface area (TPSA) is 40.5 Å². The van der Waals surface area contributed by atoms with Gasteiger partial charge in [-0.25, -0.2) is 0 Å². The zero-order chi connectivity index (χ0) is 13.0. The van der Waals surface area contributed by atoms with Crippen LogP contribution in [0.25, 0.3) is 10.4 Å². The van der Waals surface area contributed by atoms with Crippen molar-refractivity contribution in [3.8, 4) is 10.4 Å². The maximum absolute atomic E-state index is 10.0. The Morgan fingerprint density at radius 3 is 2.44 bits per heavy atom. The van der Waals surface area contributed by atoms with Gasteiger partial charge in [0.1, 0.15) is 6.10 Å². The Labute approximate surface area is 116 Å². The van der Waals surface area contributed by atoms with Crippen molar-refractivity contribution in [2.45, 2.75) is 18.6 Å². The lowest BCUT2D eigenvalue weighted by atomic mass is 10.1. The fourth-order valence-electron chi connectivity index (χ4n) is 1.75. The minimum atomic E-state index is -0.820. The summed E-state index contributed by atoms with van der Waals surface area (Å²) in [5.41, 5.74) is 1.13. The minimum Gasteiger partial charge on any atom is -0.390 e.